The van der Waals surface area contributed by atoms with Crippen LogP contribution >= 0.6 is 0 Å². The lowest BCUT2D eigenvalue weighted by Gasteiger charge is -2.14. The Bertz CT molecular complexity index is 533. The maximum absolute atomic E-state index is 6.26. The number of hydrogen-bond donors (Lipinski definition) is 1. The molecule has 2 N–H and O–H groups in total. The fourth-order valence-electron chi connectivity index (χ4n) is 2.11. The number of ether oxygens (including phenoxy) is 1. The van der Waals surface area contributed by atoms with Gasteiger partial charge in [0.05, 0.1) is 7.11 Å². The van der Waals surface area contributed by atoms with Crippen molar-refractivity contribution in [3.8, 4) is 5.75 Å². The zero-order chi connectivity index (χ0) is 14.5. The number of aromatic nitrogens is 3. The zero-order valence-electron chi connectivity index (χ0n) is 12.3. The summed E-state index contributed by atoms with van der Waals surface area (Å²) in [5.41, 5.74) is 7.33. The molecule has 1 heterocycles. The van der Waals surface area contributed by atoms with Crippen LogP contribution in [0.25, 0.3) is 0 Å². The van der Waals surface area contributed by atoms with E-state index < -0.39 is 0 Å². The average molecular weight is 274 g/mol. The summed E-state index contributed by atoms with van der Waals surface area (Å²) < 4.78 is 7.09. The molecule has 0 fully saturated rings. The lowest BCUT2D eigenvalue weighted by Crippen LogP contribution is -2.18. The van der Waals surface area contributed by atoms with Crippen molar-refractivity contribution in [1.82, 2.24) is 14.8 Å². The second-order valence-corrected chi connectivity index (χ2v) is 5.34. The molecule has 1 unspecified atom stereocenters. The Kier molecular flexibility index (Phi) is 4.74. The van der Waals surface area contributed by atoms with E-state index in [4.69, 9.17) is 10.5 Å². The lowest BCUT2D eigenvalue weighted by molar-refractivity contribution is 0.414. The summed E-state index contributed by atoms with van der Waals surface area (Å²) in [6.45, 7) is 5.19. The first kappa shape index (κ1) is 14.5. The highest BCUT2D eigenvalue weighted by atomic mass is 16.5. The van der Waals surface area contributed by atoms with Gasteiger partial charge in [0.25, 0.3) is 0 Å². The van der Waals surface area contributed by atoms with Crippen molar-refractivity contribution in [2.75, 3.05) is 7.11 Å². The van der Waals surface area contributed by atoms with E-state index in [0.717, 1.165) is 23.7 Å². The fraction of sp³-hybridized carbons (Fsp3) is 0.467. The number of nitrogens with two attached hydrogens (primary N) is 1. The minimum atomic E-state index is -0.0870. The van der Waals surface area contributed by atoms with Gasteiger partial charge in [-0.3, -0.25) is 0 Å². The quantitative estimate of drug-likeness (QED) is 0.877. The Hall–Kier alpha value is -1.88. The molecule has 20 heavy (non-hydrogen) atoms. The van der Waals surface area contributed by atoms with Gasteiger partial charge >= 0.3 is 0 Å². The largest absolute Gasteiger partial charge is 0.497 e. The highest BCUT2D eigenvalue weighted by molar-refractivity contribution is 5.29. The van der Waals surface area contributed by atoms with Crippen molar-refractivity contribution in [2.24, 2.45) is 11.7 Å². The normalized spacial score (nSPS) is 12.7. The summed E-state index contributed by atoms with van der Waals surface area (Å²) in [6.07, 6.45) is 2.28. The Balaban J connectivity index is 2.06. The van der Waals surface area contributed by atoms with Gasteiger partial charge in [0.2, 0.25) is 0 Å². The fourth-order valence-corrected chi connectivity index (χ4v) is 2.11. The molecule has 108 valence electrons. The van der Waals surface area contributed by atoms with Crippen LogP contribution in [0.2, 0.25) is 0 Å². The van der Waals surface area contributed by atoms with Crippen molar-refractivity contribution >= 4 is 0 Å². The molecule has 5 nitrogen and oxygen atoms in total. The van der Waals surface area contributed by atoms with Crippen LogP contribution in [0, 0.1) is 5.92 Å². The van der Waals surface area contributed by atoms with Crippen molar-refractivity contribution in [3.05, 3.63) is 42.0 Å². The summed E-state index contributed by atoms with van der Waals surface area (Å²) in [5.74, 6) is 2.30. The van der Waals surface area contributed by atoms with Crippen LogP contribution in [0.4, 0.5) is 0 Å². The summed E-state index contributed by atoms with van der Waals surface area (Å²) in [4.78, 5) is 4.32. The summed E-state index contributed by atoms with van der Waals surface area (Å²) in [7, 11) is 1.66. The molecule has 1 atom stereocenters. The zero-order valence-corrected chi connectivity index (χ0v) is 12.3. The summed E-state index contributed by atoms with van der Waals surface area (Å²) >= 11 is 0. The van der Waals surface area contributed by atoms with Crippen LogP contribution in [0.15, 0.2) is 30.6 Å². The number of rotatable bonds is 6. The van der Waals surface area contributed by atoms with Crippen molar-refractivity contribution in [3.63, 3.8) is 0 Å². The van der Waals surface area contributed by atoms with Crippen molar-refractivity contribution in [2.45, 2.75) is 32.9 Å². The predicted octanol–water partition coefficient (Wildman–Crippen LogP) is 2.19. The average Bonchev–Trinajstić information content (AvgIpc) is 2.85. The molecule has 0 saturated heterocycles. The van der Waals surface area contributed by atoms with E-state index in [1.54, 1.807) is 13.4 Å². The Morgan fingerprint density at radius 2 is 1.95 bits per heavy atom. The van der Waals surface area contributed by atoms with E-state index in [9.17, 15) is 0 Å². The third-order valence-electron chi connectivity index (χ3n) is 3.18. The number of hydrogen-bond acceptors (Lipinski definition) is 4. The second kappa shape index (κ2) is 6.52. The molecule has 0 aliphatic heterocycles. The standard InChI is InChI=1S/C15H22N4O/c1-11(2)9-19-15(17-10-18-19)8-14(16)12-4-6-13(20-3)7-5-12/h4-7,10-11,14H,8-9,16H2,1-3H3. The molecule has 0 aliphatic rings. The molecule has 2 aromatic rings. The molecule has 5 heteroatoms. The van der Waals surface area contributed by atoms with E-state index >= 15 is 0 Å². The van der Waals surface area contributed by atoms with Gasteiger partial charge in [-0.25, -0.2) is 9.67 Å². The first-order valence-electron chi connectivity index (χ1n) is 6.86. The third kappa shape index (κ3) is 3.57. The van der Waals surface area contributed by atoms with E-state index in [-0.39, 0.29) is 6.04 Å². The maximum Gasteiger partial charge on any atom is 0.138 e. The highest BCUT2D eigenvalue weighted by Gasteiger charge is 2.13. The van der Waals surface area contributed by atoms with E-state index in [1.165, 1.54) is 0 Å². The Morgan fingerprint density at radius 1 is 1.25 bits per heavy atom. The number of methoxy groups -OCH3 is 1. The molecular weight excluding hydrogens is 252 g/mol. The van der Waals surface area contributed by atoms with Crippen LogP contribution in [0.5, 0.6) is 5.75 Å². The smallest absolute Gasteiger partial charge is 0.138 e. The van der Waals surface area contributed by atoms with Gasteiger partial charge in [-0.05, 0) is 23.6 Å². The third-order valence-corrected chi connectivity index (χ3v) is 3.18. The second-order valence-electron chi connectivity index (χ2n) is 5.34. The minimum absolute atomic E-state index is 0.0870. The van der Waals surface area contributed by atoms with Crippen LogP contribution in [-0.4, -0.2) is 21.9 Å². The molecule has 0 radical (unpaired) electrons. The molecule has 0 saturated carbocycles. The Morgan fingerprint density at radius 3 is 2.55 bits per heavy atom. The van der Waals surface area contributed by atoms with Gasteiger partial charge in [-0.2, -0.15) is 5.10 Å². The van der Waals surface area contributed by atoms with Crippen LogP contribution < -0.4 is 10.5 Å². The molecule has 1 aromatic heterocycles. The molecule has 2 rings (SSSR count). The van der Waals surface area contributed by atoms with Gasteiger partial charge in [0.1, 0.15) is 17.9 Å². The lowest BCUT2D eigenvalue weighted by atomic mass is 10.0. The van der Waals surface area contributed by atoms with Gasteiger partial charge in [0.15, 0.2) is 0 Å². The predicted molar refractivity (Wildman–Crippen MR) is 78.5 cm³/mol. The first-order chi connectivity index (χ1) is 9.60. The van der Waals surface area contributed by atoms with E-state index in [2.05, 4.69) is 23.9 Å². The number of nitrogens with zero attached hydrogens (tertiary/aromatic N) is 3. The van der Waals surface area contributed by atoms with E-state index in [0.29, 0.717) is 12.3 Å². The van der Waals surface area contributed by atoms with Crippen LogP contribution in [0.3, 0.4) is 0 Å². The summed E-state index contributed by atoms with van der Waals surface area (Å²) in [5, 5.41) is 4.26. The first-order valence-corrected chi connectivity index (χ1v) is 6.86. The SMILES string of the molecule is COc1ccc(C(N)Cc2ncnn2CC(C)C)cc1. The minimum Gasteiger partial charge on any atom is -0.497 e. The maximum atomic E-state index is 6.26. The topological polar surface area (TPSA) is 66.0 Å². The van der Waals surface area contributed by atoms with Crippen LogP contribution in [-0.2, 0) is 13.0 Å². The molecule has 0 aliphatic carbocycles. The Labute approximate surface area is 119 Å². The molecule has 1 aromatic carbocycles. The molecule has 0 amide bonds. The number of benzene rings is 1. The van der Waals surface area contributed by atoms with Gasteiger partial charge in [-0.1, -0.05) is 26.0 Å². The summed E-state index contributed by atoms with van der Waals surface area (Å²) in [6, 6.07) is 7.75. The van der Waals surface area contributed by atoms with Gasteiger partial charge in [0, 0.05) is 19.0 Å². The van der Waals surface area contributed by atoms with Gasteiger partial charge in [-0.15, -0.1) is 0 Å². The molecule has 0 spiro atoms. The monoisotopic (exact) mass is 274 g/mol. The van der Waals surface area contributed by atoms with E-state index in [1.807, 2.05) is 28.9 Å². The van der Waals surface area contributed by atoms with Gasteiger partial charge < -0.3 is 10.5 Å². The molecule has 0 bridgehead atoms. The molecular formula is C15H22N4O. The van der Waals surface area contributed by atoms with Crippen molar-refractivity contribution in [1.29, 1.82) is 0 Å². The highest BCUT2D eigenvalue weighted by Crippen LogP contribution is 2.18. The van der Waals surface area contributed by atoms with Crippen molar-refractivity contribution < 1.29 is 4.74 Å². The van der Waals surface area contributed by atoms with Crippen LogP contribution in [0.1, 0.15) is 31.3 Å².